The van der Waals surface area contributed by atoms with Gasteiger partial charge in [0.05, 0.1) is 12.7 Å². The zero-order valence-corrected chi connectivity index (χ0v) is 10.3. The topological polar surface area (TPSA) is 46.5 Å². The molecule has 1 aromatic carbocycles. The lowest BCUT2D eigenvalue weighted by atomic mass is 9.92. The summed E-state index contributed by atoms with van der Waals surface area (Å²) in [7, 11) is 1.33. The van der Waals surface area contributed by atoms with Gasteiger partial charge in [0.25, 0.3) is 0 Å². The fourth-order valence-corrected chi connectivity index (χ4v) is 2.10. The highest BCUT2D eigenvalue weighted by Gasteiger charge is 2.22. The lowest BCUT2D eigenvalue weighted by Crippen LogP contribution is -2.13. The zero-order valence-electron chi connectivity index (χ0n) is 10.3. The van der Waals surface area contributed by atoms with Crippen molar-refractivity contribution < 1.29 is 14.6 Å². The molecule has 0 radical (unpaired) electrons. The highest BCUT2D eigenvalue weighted by molar-refractivity contribution is 5.90. The molecule has 1 N–H and O–H groups in total. The van der Waals surface area contributed by atoms with Crippen LogP contribution in [0.4, 0.5) is 0 Å². The lowest BCUT2D eigenvalue weighted by Gasteiger charge is -2.17. The Bertz CT molecular complexity index is 498. The third kappa shape index (κ3) is 2.62. The molecule has 0 aliphatic heterocycles. The van der Waals surface area contributed by atoms with Crippen molar-refractivity contribution in [2.45, 2.75) is 19.3 Å². The van der Waals surface area contributed by atoms with Gasteiger partial charge in [-0.15, -0.1) is 0 Å². The standard InChI is InChI=1S/C15H16O3/c1-18-15(17)13-9-5-8-12(14(13)16)10-11-6-3-2-4-7-11/h2-4,6-7,10,16H,5,8-9H2,1H3/b12-10+. The van der Waals surface area contributed by atoms with Crippen LogP contribution in [0.2, 0.25) is 0 Å². The van der Waals surface area contributed by atoms with Crippen molar-refractivity contribution in [2.75, 3.05) is 7.11 Å². The van der Waals surface area contributed by atoms with Gasteiger partial charge in [-0.05, 0) is 36.5 Å². The molecule has 0 saturated heterocycles. The fourth-order valence-electron chi connectivity index (χ4n) is 2.10. The van der Waals surface area contributed by atoms with Gasteiger partial charge in [0.1, 0.15) is 5.76 Å². The maximum Gasteiger partial charge on any atom is 0.337 e. The third-order valence-corrected chi connectivity index (χ3v) is 3.04. The molecule has 0 bridgehead atoms. The predicted octanol–water partition coefficient (Wildman–Crippen LogP) is 3.24. The van der Waals surface area contributed by atoms with Gasteiger partial charge in [-0.1, -0.05) is 30.3 Å². The second-order valence-electron chi connectivity index (χ2n) is 4.25. The molecule has 0 saturated carbocycles. The smallest absolute Gasteiger partial charge is 0.337 e. The molecule has 0 aromatic heterocycles. The van der Waals surface area contributed by atoms with E-state index in [0.717, 1.165) is 24.0 Å². The summed E-state index contributed by atoms with van der Waals surface area (Å²) in [6.45, 7) is 0. The van der Waals surface area contributed by atoms with Gasteiger partial charge in [-0.25, -0.2) is 4.79 Å². The molecule has 94 valence electrons. The summed E-state index contributed by atoms with van der Waals surface area (Å²) in [6.07, 6.45) is 4.12. The Balaban J connectivity index is 2.34. The van der Waals surface area contributed by atoms with Crippen molar-refractivity contribution in [3.05, 3.63) is 52.8 Å². The third-order valence-electron chi connectivity index (χ3n) is 3.04. The summed E-state index contributed by atoms with van der Waals surface area (Å²) in [5.41, 5.74) is 2.20. The van der Waals surface area contributed by atoms with Crippen LogP contribution in [0.3, 0.4) is 0 Å². The number of allylic oxidation sites excluding steroid dienone is 1. The van der Waals surface area contributed by atoms with Crippen molar-refractivity contribution >= 4 is 12.0 Å². The highest BCUT2D eigenvalue weighted by atomic mass is 16.5. The number of aliphatic hydroxyl groups is 1. The van der Waals surface area contributed by atoms with Gasteiger partial charge >= 0.3 is 5.97 Å². The summed E-state index contributed by atoms with van der Waals surface area (Å²) in [6, 6.07) is 9.76. The molecule has 0 unspecified atom stereocenters. The van der Waals surface area contributed by atoms with Gasteiger partial charge in [-0.3, -0.25) is 0 Å². The molecular formula is C15H16O3. The van der Waals surface area contributed by atoms with Gasteiger partial charge in [0.15, 0.2) is 0 Å². The van der Waals surface area contributed by atoms with Crippen LogP contribution in [-0.4, -0.2) is 18.2 Å². The molecule has 1 aromatic rings. The first-order valence-electron chi connectivity index (χ1n) is 5.99. The van der Waals surface area contributed by atoms with Gasteiger partial charge in [-0.2, -0.15) is 0 Å². The average Bonchev–Trinajstić information content (AvgIpc) is 2.41. The van der Waals surface area contributed by atoms with E-state index in [1.54, 1.807) is 0 Å². The van der Waals surface area contributed by atoms with Crippen LogP contribution >= 0.6 is 0 Å². The Labute approximate surface area is 106 Å². The van der Waals surface area contributed by atoms with Crippen LogP contribution in [-0.2, 0) is 9.53 Å². The van der Waals surface area contributed by atoms with E-state index in [2.05, 4.69) is 4.74 Å². The number of esters is 1. The molecule has 0 amide bonds. The van der Waals surface area contributed by atoms with E-state index >= 15 is 0 Å². The zero-order chi connectivity index (χ0) is 13.0. The van der Waals surface area contributed by atoms with Crippen molar-refractivity contribution in [3.63, 3.8) is 0 Å². The second kappa shape index (κ2) is 5.54. The van der Waals surface area contributed by atoms with Crippen LogP contribution in [0.5, 0.6) is 0 Å². The van der Waals surface area contributed by atoms with Crippen LogP contribution in [0.25, 0.3) is 6.08 Å². The number of hydrogen-bond donors (Lipinski definition) is 1. The average molecular weight is 244 g/mol. The van der Waals surface area contributed by atoms with Crippen molar-refractivity contribution in [3.8, 4) is 0 Å². The number of carbonyl (C=O) groups is 1. The molecule has 3 nitrogen and oxygen atoms in total. The Kier molecular flexibility index (Phi) is 3.82. The number of aliphatic hydroxyl groups excluding tert-OH is 1. The summed E-state index contributed by atoms with van der Waals surface area (Å²) in [4.78, 5) is 11.5. The van der Waals surface area contributed by atoms with E-state index < -0.39 is 5.97 Å². The van der Waals surface area contributed by atoms with Gasteiger partial charge in [0.2, 0.25) is 0 Å². The molecule has 1 aliphatic rings. The SMILES string of the molecule is COC(=O)C1=C(O)/C(=C/c2ccccc2)CCC1. The largest absolute Gasteiger partial charge is 0.507 e. The number of benzene rings is 1. The number of hydrogen-bond acceptors (Lipinski definition) is 3. The van der Waals surface area contributed by atoms with Crippen molar-refractivity contribution in [2.24, 2.45) is 0 Å². The summed E-state index contributed by atoms with van der Waals surface area (Å²) in [5.74, 6) is -0.358. The van der Waals surface area contributed by atoms with Crippen molar-refractivity contribution in [1.82, 2.24) is 0 Å². The number of ether oxygens (including phenoxy) is 1. The molecule has 3 heteroatoms. The van der Waals surface area contributed by atoms with Crippen LogP contribution in [0.1, 0.15) is 24.8 Å². The van der Waals surface area contributed by atoms with Crippen LogP contribution < -0.4 is 0 Å². The molecule has 0 heterocycles. The molecule has 0 spiro atoms. The fraction of sp³-hybridized carbons (Fsp3) is 0.267. The van der Waals surface area contributed by atoms with Crippen LogP contribution in [0.15, 0.2) is 47.2 Å². The van der Waals surface area contributed by atoms with E-state index in [1.165, 1.54) is 7.11 Å². The lowest BCUT2D eigenvalue weighted by molar-refractivity contribution is -0.136. The minimum absolute atomic E-state index is 0.0805. The van der Waals surface area contributed by atoms with Crippen LogP contribution in [0, 0.1) is 0 Å². The molecule has 0 fully saturated rings. The van der Waals surface area contributed by atoms with E-state index in [1.807, 2.05) is 36.4 Å². The molecule has 1 aliphatic carbocycles. The highest BCUT2D eigenvalue weighted by Crippen LogP contribution is 2.30. The van der Waals surface area contributed by atoms with Gasteiger partial charge in [0, 0.05) is 0 Å². The maximum absolute atomic E-state index is 11.5. The van der Waals surface area contributed by atoms with E-state index in [9.17, 15) is 9.90 Å². The molecule has 2 rings (SSSR count). The first-order valence-corrected chi connectivity index (χ1v) is 5.99. The first kappa shape index (κ1) is 12.4. The Morgan fingerprint density at radius 1 is 1.28 bits per heavy atom. The van der Waals surface area contributed by atoms with Crippen molar-refractivity contribution in [1.29, 1.82) is 0 Å². The summed E-state index contributed by atoms with van der Waals surface area (Å²) >= 11 is 0. The number of carbonyl (C=O) groups excluding carboxylic acids is 1. The monoisotopic (exact) mass is 244 g/mol. The second-order valence-corrected chi connectivity index (χ2v) is 4.25. The van der Waals surface area contributed by atoms with Gasteiger partial charge < -0.3 is 9.84 Å². The summed E-state index contributed by atoms with van der Waals surface area (Å²) < 4.78 is 4.67. The van der Waals surface area contributed by atoms with E-state index in [0.29, 0.717) is 12.0 Å². The quantitative estimate of drug-likeness (QED) is 0.812. The number of rotatable bonds is 2. The molecular weight excluding hydrogens is 228 g/mol. The molecule has 18 heavy (non-hydrogen) atoms. The summed E-state index contributed by atoms with van der Waals surface area (Å²) in [5, 5.41) is 10.1. The normalized spacial score (nSPS) is 17.9. The van der Waals surface area contributed by atoms with E-state index in [4.69, 9.17) is 0 Å². The minimum atomic E-state index is -0.439. The minimum Gasteiger partial charge on any atom is -0.507 e. The Morgan fingerprint density at radius 2 is 2.00 bits per heavy atom. The Morgan fingerprint density at radius 3 is 2.67 bits per heavy atom. The molecule has 0 atom stereocenters. The van der Waals surface area contributed by atoms with E-state index in [-0.39, 0.29) is 5.76 Å². The maximum atomic E-state index is 11.5. The first-order chi connectivity index (χ1) is 8.72. The predicted molar refractivity (Wildman–Crippen MR) is 69.9 cm³/mol. The number of methoxy groups -OCH3 is 1. The Hall–Kier alpha value is -2.03.